The largest absolute Gasteiger partial charge is 0.478 e. The average Bonchev–Trinajstić information content (AvgIpc) is 2.38. The summed E-state index contributed by atoms with van der Waals surface area (Å²) >= 11 is 6.02. The van der Waals surface area contributed by atoms with Crippen molar-refractivity contribution in [2.75, 3.05) is 11.9 Å². The van der Waals surface area contributed by atoms with Gasteiger partial charge >= 0.3 is 5.97 Å². The Bertz CT molecular complexity index is 431. The first-order valence-corrected chi connectivity index (χ1v) is 6.68. The van der Waals surface area contributed by atoms with E-state index in [1.807, 2.05) is 0 Å². The molecule has 2 N–H and O–H groups in total. The SMILES string of the molecule is O=C(O)c1ccnc(NCC2CCCCC2)c1Cl. The summed E-state index contributed by atoms with van der Waals surface area (Å²) in [5, 5.41) is 12.3. The maximum Gasteiger partial charge on any atom is 0.337 e. The van der Waals surface area contributed by atoms with Gasteiger partial charge in [-0.15, -0.1) is 0 Å². The number of aromatic nitrogens is 1. The van der Waals surface area contributed by atoms with Crippen LogP contribution in [0.5, 0.6) is 0 Å². The third-order valence-electron chi connectivity index (χ3n) is 3.40. The van der Waals surface area contributed by atoms with Crippen molar-refractivity contribution in [1.29, 1.82) is 0 Å². The summed E-state index contributed by atoms with van der Waals surface area (Å²) in [6.07, 6.45) is 7.81. The van der Waals surface area contributed by atoms with Gasteiger partial charge in [0.2, 0.25) is 0 Å². The summed E-state index contributed by atoms with van der Waals surface area (Å²) in [4.78, 5) is 15.0. The molecule has 0 atom stereocenters. The fourth-order valence-electron chi connectivity index (χ4n) is 2.36. The predicted molar refractivity (Wildman–Crippen MR) is 71.3 cm³/mol. The van der Waals surface area contributed by atoms with Crippen molar-refractivity contribution in [1.82, 2.24) is 4.98 Å². The van der Waals surface area contributed by atoms with Crippen LogP contribution in [0.15, 0.2) is 12.3 Å². The fourth-order valence-corrected chi connectivity index (χ4v) is 2.62. The minimum Gasteiger partial charge on any atom is -0.478 e. The monoisotopic (exact) mass is 268 g/mol. The minimum atomic E-state index is -1.02. The van der Waals surface area contributed by atoms with Crippen molar-refractivity contribution in [3.8, 4) is 0 Å². The highest BCUT2D eigenvalue weighted by Gasteiger charge is 2.16. The molecule has 0 spiro atoms. The molecule has 1 aromatic heterocycles. The van der Waals surface area contributed by atoms with Gasteiger partial charge in [-0.1, -0.05) is 30.9 Å². The van der Waals surface area contributed by atoms with Crippen molar-refractivity contribution in [3.05, 3.63) is 22.8 Å². The lowest BCUT2D eigenvalue weighted by Gasteiger charge is -2.22. The first-order chi connectivity index (χ1) is 8.68. The predicted octanol–water partition coefficient (Wildman–Crippen LogP) is 3.43. The zero-order chi connectivity index (χ0) is 13.0. The molecule has 1 heterocycles. The van der Waals surface area contributed by atoms with Gasteiger partial charge in [-0.05, 0) is 24.8 Å². The van der Waals surface area contributed by atoms with E-state index in [9.17, 15) is 4.79 Å². The standard InChI is InChI=1S/C13H17ClN2O2/c14-11-10(13(17)18)6-7-15-12(11)16-8-9-4-2-1-3-5-9/h6-7,9H,1-5,8H2,(H,15,16)(H,17,18). The molecule has 1 aromatic rings. The molecule has 0 unspecified atom stereocenters. The zero-order valence-corrected chi connectivity index (χ0v) is 10.9. The van der Waals surface area contributed by atoms with E-state index >= 15 is 0 Å². The van der Waals surface area contributed by atoms with Gasteiger partial charge in [0.25, 0.3) is 0 Å². The molecule has 0 saturated heterocycles. The molecule has 0 bridgehead atoms. The topological polar surface area (TPSA) is 62.2 Å². The number of anilines is 1. The van der Waals surface area contributed by atoms with Crippen LogP contribution in [-0.2, 0) is 0 Å². The Labute approximate surface area is 111 Å². The van der Waals surface area contributed by atoms with Gasteiger partial charge in [0.15, 0.2) is 0 Å². The summed E-state index contributed by atoms with van der Waals surface area (Å²) in [6, 6.07) is 1.41. The molecule has 0 radical (unpaired) electrons. The molecule has 4 nitrogen and oxygen atoms in total. The number of hydrogen-bond acceptors (Lipinski definition) is 3. The maximum atomic E-state index is 10.9. The van der Waals surface area contributed by atoms with Crippen molar-refractivity contribution in [2.24, 2.45) is 5.92 Å². The van der Waals surface area contributed by atoms with Crippen LogP contribution in [0.2, 0.25) is 5.02 Å². The second-order valence-corrected chi connectivity index (χ2v) is 5.09. The molecule has 1 fully saturated rings. The van der Waals surface area contributed by atoms with Gasteiger partial charge in [-0.3, -0.25) is 0 Å². The Kier molecular flexibility index (Phi) is 4.42. The van der Waals surface area contributed by atoms with Crippen molar-refractivity contribution in [2.45, 2.75) is 32.1 Å². The van der Waals surface area contributed by atoms with Gasteiger partial charge in [0.05, 0.1) is 10.6 Å². The lowest BCUT2D eigenvalue weighted by Crippen LogP contribution is -2.18. The Hall–Kier alpha value is -1.29. The molecular formula is C13H17ClN2O2. The van der Waals surface area contributed by atoms with Gasteiger partial charge in [-0.2, -0.15) is 0 Å². The third kappa shape index (κ3) is 3.13. The number of nitrogens with zero attached hydrogens (tertiary/aromatic N) is 1. The summed E-state index contributed by atoms with van der Waals surface area (Å²) < 4.78 is 0. The van der Waals surface area contributed by atoms with Crippen LogP contribution < -0.4 is 5.32 Å². The number of halogens is 1. The van der Waals surface area contributed by atoms with Crippen molar-refractivity contribution >= 4 is 23.4 Å². The molecule has 5 heteroatoms. The van der Waals surface area contributed by atoms with Gasteiger partial charge in [-0.25, -0.2) is 9.78 Å². The van der Waals surface area contributed by atoms with E-state index in [1.165, 1.54) is 44.4 Å². The summed E-state index contributed by atoms with van der Waals surface area (Å²) in [6.45, 7) is 0.815. The highest BCUT2D eigenvalue weighted by Crippen LogP contribution is 2.27. The second kappa shape index (κ2) is 6.05. The fraction of sp³-hybridized carbons (Fsp3) is 0.538. The van der Waals surface area contributed by atoms with E-state index in [0.717, 1.165) is 6.54 Å². The normalized spacial score (nSPS) is 16.5. The molecule has 98 valence electrons. The molecule has 1 saturated carbocycles. The summed E-state index contributed by atoms with van der Waals surface area (Å²) in [5.74, 6) is 0.0929. The van der Waals surface area contributed by atoms with E-state index in [0.29, 0.717) is 11.7 Å². The van der Waals surface area contributed by atoms with Gasteiger partial charge in [0, 0.05) is 12.7 Å². The first-order valence-electron chi connectivity index (χ1n) is 6.30. The number of carboxylic acids is 1. The number of carbonyl (C=O) groups is 1. The minimum absolute atomic E-state index is 0.0952. The van der Waals surface area contributed by atoms with E-state index in [-0.39, 0.29) is 10.6 Å². The number of aromatic carboxylic acids is 1. The molecule has 1 aliphatic rings. The van der Waals surface area contributed by atoms with E-state index in [4.69, 9.17) is 16.7 Å². The average molecular weight is 269 g/mol. The summed E-state index contributed by atoms with van der Waals surface area (Å²) in [5.41, 5.74) is 0.0952. The van der Waals surface area contributed by atoms with Crippen LogP contribution in [0.1, 0.15) is 42.5 Å². The summed E-state index contributed by atoms with van der Waals surface area (Å²) in [7, 11) is 0. The van der Waals surface area contributed by atoms with Crippen molar-refractivity contribution in [3.63, 3.8) is 0 Å². The Morgan fingerprint density at radius 2 is 2.17 bits per heavy atom. The van der Waals surface area contributed by atoms with Crippen LogP contribution in [0.25, 0.3) is 0 Å². The van der Waals surface area contributed by atoms with Crippen LogP contribution in [0.4, 0.5) is 5.82 Å². The highest BCUT2D eigenvalue weighted by atomic mass is 35.5. The second-order valence-electron chi connectivity index (χ2n) is 4.71. The zero-order valence-electron chi connectivity index (χ0n) is 10.2. The maximum absolute atomic E-state index is 10.9. The van der Waals surface area contributed by atoms with Crippen LogP contribution in [0, 0.1) is 5.92 Å². The van der Waals surface area contributed by atoms with E-state index < -0.39 is 5.97 Å². The molecule has 2 rings (SSSR count). The van der Waals surface area contributed by atoms with Crippen LogP contribution >= 0.6 is 11.6 Å². The molecule has 0 aliphatic heterocycles. The van der Waals surface area contributed by atoms with E-state index in [2.05, 4.69) is 10.3 Å². The Morgan fingerprint density at radius 3 is 2.83 bits per heavy atom. The van der Waals surface area contributed by atoms with Gasteiger partial charge in [0.1, 0.15) is 5.82 Å². The number of rotatable bonds is 4. The lowest BCUT2D eigenvalue weighted by atomic mass is 9.89. The number of pyridine rings is 1. The Morgan fingerprint density at radius 1 is 1.44 bits per heavy atom. The number of nitrogens with one attached hydrogen (secondary N) is 1. The molecule has 1 aliphatic carbocycles. The third-order valence-corrected chi connectivity index (χ3v) is 3.79. The van der Waals surface area contributed by atoms with Crippen LogP contribution in [-0.4, -0.2) is 22.6 Å². The molecule has 0 amide bonds. The van der Waals surface area contributed by atoms with E-state index in [1.54, 1.807) is 0 Å². The smallest absolute Gasteiger partial charge is 0.337 e. The molecule has 18 heavy (non-hydrogen) atoms. The highest BCUT2D eigenvalue weighted by molar-refractivity contribution is 6.35. The van der Waals surface area contributed by atoms with Crippen LogP contribution in [0.3, 0.4) is 0 Å². The molecule has 0 aromatic carbocycles. The number of hydrogen-bond donors (Lipinski definition) is 2. The lowest BCUT2D eigenvalue weighted by molar-refractivity contribution is 0.0697. The first kappa shape index (κ1) is 13.1. The number of carboxylic acid groups (broad SMARTS) is 1. The Balaban J connectivity index is 2.00. The quantitative estimate of drug-likeness (QED) is 0.878. The molecular weight excluding hydrogens is 252 g/mol. The van der Waals surface area contributed by atoms with Crippen molar-refractivity contribution < 1.29 is 9.90 Å². The van der Waals surface area contributed by atoms with Gasteiger partial charge < -0.3 is 10.4 Å².